The Balaban J connectivity index is 1.75. The van der Waals surface area contributed by atoms with E-state index in [0.717, 1.165) is 16.7 Å². The number of aromatic hydroxyl groups is 1. The van der Waals surface area contributed by atoms with Crippen LogP contribution in [-0.4, -0.2) is 38.7 Å². The summed E-state index contributed by atoms with van der Waals surface area (Å²) in [7, 11) is 2.93. The normalized spacial score (nSPS) is 26.5. The molecular formula is C21H21NO7. The molecule has 0 amide bonds. The van der Waals surface area contributed by atoms with Crippen LogP contribution in [-0.2, 0) is 9.53 Å². The van der Waals surface area contributed by atoms with E-state index in [2.05, 4.69) is 0 Å². The predicted molar refractivity (Wildman–Crippen MR) is 100 cm³/mol. The van der Waals surface area contributed by atoms with Gasteiger partial charge in [0.15, 0.2) is 23.0 Å². The van der Waals surface area contributed by atoms with Gasteiger partial charge in [-0.3, -0.25) is 4.79 Å². The first-order chi connectivity index (χ1) is 14.0. The summed E-state index contributed by atoms with van der Waals surface area (Å²) < 4.78 is 27.1. The van der Waals surface area contributed by atoms with Crippen LogP contribution < -0.4 is 24.7 Å². The number of hydrogen-bond acceptors (Lipinski definition) is 8. The number of benzene rings is 2. The third kappa shape index (κ3) is 2.52. The number of phenols is 1. The highest BCUT2D eigenvalue weighted by atomic mass is 16.7. The van der Waals surface area contributed by atoms with Crippen molar-refractivity contribution in [3.05, 3.63) is 41.0 Å². The molecule has 152 valence electrons. The van der Waals surface area contributed by atoms with E-state index in [1.807, 2.05) is 12.1 Å². The lowest BCUT2D eigenvalue weighted by Gasteiger charge is -2.37. The van der Waals surface area contributed by atoms with Gasteiger partial charge in [0.2, 0.25) is 12.5 Å². The number of fused-ring (bicyclic) bond motifs is 3. The molecule has 1 aliphatic carbocycles. The molecule has 0 bridgehead atoms. The zero-order valence-electron chi connectivity index (χ0n) is 16.0. The SMILES string of the molecule is COc1cc(C2c3cc4c(cc3[C@@H](N)[C@H]3COC(=O)[C@H]23)OCO4)cc(OC)c1O. The standard InChI is InChI=1S/C21H21NO7/c1-25-15-3-9(4-16(26-2)20(15)23)17-10-5-13-14(29-8-28-13)6-11(10)19(22)12-7-27-21(24)18(12)17/h3-6,12,17-19,23H,7-8,22H2,1-2H3/t12-,17?,18-,19+/m0/s1. The van der Waals surface area contributed by atoms with Gasteiger partial charge in [0.25, 0.3) is 0 Å². The first kappa shape index (κ1) is 17.9. The summed E-state index contributed by atoms with van der Waals surface area (Å²) in [5.41, 5.74) is 9.07. The van der Waals surface area contributed by atoms with Gasteiger partial charge in [-0.1, -0.05) is 0 Å². The fourth-order valence-corrected chi connectivity index (χ4v) is 4.70. The Morgan fingerprint density at radius 2 is 1.62 bits per heavy atom. The maximum absolute atomic E-state index is 12.7. The average Bonchev–Trinajstić information content (AvgIpc) is 3.34. The highest BCUT2D eigenvalue weighted by Gasteiger charge is 2.51. The average molecular weight is 399 g/mol. The van der Waals surface area contributed by atoms with Crippen LogP contribution in [0.4, 0.5) is 0 Å². The van der Waals surface area contributed by atoms with Gasteiger partial charge in [-0.2, -0.15) is 0 Å². The Hall–Kier alpha value is -3.13. The van der Waals surface area contributed by atoms with Crippen LogP contribution in [0.2, 0.25) is 0 Å². The first-order valence-corrected chi connectivity index (χ1v) is 9.34. The molecule has 1 saturated heterocycles. The zero-order valence-corrected chi connectivity index (χ0v) is 16.0. The number of carbonyl (C=O) groups excluding carboxylic acids is 1. The zero-order chi connectivity index (χ0) is 20.3. The van der Waals surface area contributed by atoms with Crippen molar-refractivity contribution in [1.82, 2.24) is 0 Å². The minimum atomic E-state index is -0.461. The van der Waals surface area contributed by atoms with Crippen molar-refractivity contribution in [3.63, 3.8) is 0 Å². The number of phenolic OH excluding ortho intramolecular Hbond substituents is 1. The Morgan fingerprint density at radius 1 is 1.00 bits per heavy atom. The van der Waals surface area contributed by atoms with Gasteiger partial charge in [0, 0.05) is 17.9 Å². The first-order valence-electron chi connectivity index (χ1n) is 9.34. The molecule has 0 aromatic heterocycles. The fraction of sp³-hybridized carbons (Fsp3) is 0.381. The molecule has 2 aliphatic heterocycles. The molecule has 2 heterocycles. The second-order valence-corrected chi connectivity index (χ2v) is 7.43. The minimum Gasteiger partial charge on any atom is -0.502 e. The van der Waals surface area contributed by atoms with Gasteiger partial charge < -0.3 is 34.5 Å². The van der Waals surface area contributed by atoms with Crippen molar-refractivity contribution >= 4 is 5.97 Å². The number of methoxy groups -OCH3 is 2. The Labute approximate surface area is 167 Å². The number of hydrogen-bond donors (Lipinski definition) is 2. The van der Waals surface area contributed by atoms with Crippen molar-refractivity contribution in [3.8, 4) is 28.7 Å². The lowest BCUT2D eigenvalue weighted by atomic mass is 9.65. The molecule has 0 spiro atoms. The van der Waals surface area contributed by atoms with E-state index < -0.39 is 5.92 Å². The maximum atomic E-state index is 12.7. The van der Waals surface area contributed by atoms with Gasteiger partial charge in [-0.15, -0.1) is 0 Å². The molecule has 8 heteroatoms. The quantitative estimate of drug-likeness (QED) is 0.755. The number of ether oxygens (including phenoxy) is 5. The smallest absolute Gasteiger partial charge is 0.310 e. The van der Waals surface area contributed by atoms with Crippen LogP contribution in [0.1, 0.15) is 28.7 Å². The van der Waals surface area contributed by atoms with E-state index >= 15 is 0 Å². The largest absolute Gasteiger partial charge is 0.502 e. The topological polar surface area (TPSA) is 109 Å². The van der Waals surface area contributed by atoms with E-state index in [1.165, 1.54) is 14.2 Å². The summed E-state index contributed by atoms with van der Waals surface area (Å²) in [5, 5.41) is 10.3. The molecule has 29 heavy (non-hydrogen) atoms. The molecule has 2 aromatic carbocycles. The molecule has 3 N–H and O–H groups in total. The summed E-state index contributed by atoms with van der Waals surface area (Å²) in [6, 6.07) is 6.85. The molecule has 0 saturated carbocycles. The summed E-state index contributed by atoms with van der Waals surface area (Å²) in [6.45, 7) is 0.412. The van der Waals surface area contributed by atoms with E-state index in [1.54, 1.807) is 12.1 Å². The molecule has 4 atom stereocenters. The van der Waals surface area contributed by atoms with Crippen LogP contribution in [0, 0.1) is 11.8 Å². The van der Waals surface area contributed by atoms with Crippen LogP contribution in [0.15, 0.2) is 24.3 Å². The molecule has 2 aromatic rings. The fourth-order valence-electron chi connectivity index (χ4n) is 4.70. The number of esters is 1. The van der Waals surface area contributed by atoms with E-state index in [4.69, 9.17) is 29.4 Å². The maximum Gasteiger partial charge on any atom is 0.310 e. The number of carbonyl (C=O) groups is 1. The van der Waals surface area contributed by atoms with Gasteiger partial charge in [0.1, 0.15) is 0 Å². The van der Waals surface area contributed by atoms with Crippen molar-refractivity contribution < 1.29 is 33.6 Å². The summed E-state index contributed by atoms with van der Waals surface area (Å²) >= 11 is 0. The second-order valence-electron chi connectivity index (χ2n) is 7.43. The Kier molecular flexibility index (Phi) is 3.99. The van der Waals surface area contributed by atoms with Crippen LogP contribution in [0.3, 0.4) is 0 Å². The van der Waals surface area contributed by atoms with Crippen molar-refractivity contribution in [2.75, 3.05) is 27.6 Å². The summed E-state index contributed by atoms with van der Waals surface area (Å²) in [4.78, 5) is 12.7. The number of rotatable bonds is 3. The molecule has 5 rings (SSSR count). The lowest BCUT2D eigenvalue weighted by Crippen LogP contribution is -2.38. The monoisotopic (exact) mass is 399 g/mol. The van der Waals surface area contributed by atoms with Crippen molar-refractivity contribution in [2.24, 2.45) is 17.6 Å². The van der Waals surface area contributed by atoms with Crippen molar-refractivity contribution in [2.45, 2.75) is 12.0 Å². The van der Waals surface area contributed by atoms with Crippen LogP contribution in [0.5, 0.6) is 28.7 Å². The predicted octanol–water partition coefficient (Wildman–Crippen LogP) is 2.07. The van der Waals surface area contributed by atoms with Gasteiger partial charge in [-0.05, 0) is 41.0 Å². The Morgan fingerprint density at radius 3 is 2.24 bits per heavy atom. The van der Waals surface area contributed by atoms with E-state index in [9.17, 15) is 9.90 Å². The number of nitrogens with two attached hydrogens (primary N) is 1. The van der Waals surface area contributed by atoms with Crippen LogP contribution >= 0.6 is 0 Å². The molecule has 3 aliphatic rings. The highest BCUT2D eigenvalue weighted by Crippen LogP contribution is 2.54. The molecule has 1 fully saturated rings. The van der Waals surface area contributed by atoms with Gasteiger partial charge in [-0.25, -0.2) is 0 Å². The van der Waals surface area contributed by atoms with E-state index in [0.29, 0.717) is 11.5 Å². The van der Waals surface area contributed by atoms with Gasteiger partial charge in [0.05, 0.1) is 26.7 Å². The molecule has 8 nitrogen and oxygen atoms in total. The Bertz CT molecular complexity index is 980. The minimum absolute atomic E-state index is 0.0947. The number of cyclic esters (lactones) is 1. The van der Waals surface area contributed by atoms with Gasteiger partial charge >= 0.3 is 5.97 Å². The third-order valence-corrected chi connectivity index (χ3v) is 6.11. The van der Waals surface area contributed by atoms with Crippen LogP contribution in [0.25, 0.3) is 0 Å². The molecule has 0 radical (unpaired) electrons. The molecule has 1 unspecified atom stereocenters. The lowest BCUT2D eigenvalue weighted by molar-refractivity contribution is -0.141. The highest BCUT2D eigenvalue weighted by molar-refractivity contribution is 5.79. The summed E-state index contributed by atoms with van der Waals surface area (Å²) in [6.07, 6.45) is 0. The van der Waals surface area contributed by atoms with Crippen molar-refractivity contribution in [1.29, 1.82) is 0 Å². The molecular weight excluding hydrogens is 378 g/mol. The third-order valence-electron chi connectivity index (χ3n) is 6.11. The summed E-state index contributed by atoms with van der Waals surface area (Å²) in [5.74, 6) is 0.406. The van der Waals surface area contributed by atoms with E-state index in [-0.39, 0.29) is 54.5 Å². The second kappa shape index (κ2) is 6.45.